The molecule has 8 nitrogen and oxygen atoms in total. The van der Waals surface area contributed by atoms with Crippen molar-refractivity contribution < 1.29 is 9.84 Å². The lowest BCUT2D eigenvalue weighted by Crippen LogP contribution is -2.07. The lowest BCUT2D eigenvalue weighted by Gasteiger charge is -2.15. The van der Waals surface area contributed by atoms with Crippen molar-refractivity contribution in [2.75, 3.05) is 18.2 Å². The van der Waals surface area contributed by atoms with Crippen LogP contribution in [-0.4, -0.2) is 31.7 Å². The van der Waals surface area contributed by atoms with E-state index in [9.17, 15) is 5.11 Å². The summed E-state index contributed by atoms with van der Waals surface area (Å²) in [5, 5.41) is 13.3. The second kappa shape index (κ2) is 7.79. The monoisotopic (exact) mass is 418 g/mol. The van der Waals surface area contributed by atoms with Gasteiger partial charge in [-0.05, 0) is 12.2 Å². The van der Waals surface area contributed by atoms with Gasteiger partial charge in [0, 0.05) is 12.1 Å². The Kier molecular flexibility index (Phi) is 5.43. The Morgan fingerprint density at radius 2 is 1.96 bits per heavy atom. The fourth-order valence-corrected chi connectivity index (χ4v) is 3.08. The van der Waals surface area contributed by atoms with E-state index >= 15 is 0 Å². The highest BCUT2D eigenvalue weighted by Gasteiger charge is 2.21. The van der Waals surface area contributed by atoms with Gasteiger partial charge in [0.05, 0.1) is 24.2 Å². The molecular weight excluding hydrogens is 403 g/mol. The van der Waals surface area contributed by atoms with Crippen LogP contribution in [0.15, 0.2) is 31.6 Å². The van der Waals surface area contributed by atoms with Gasteiger partial charge < -0.3 is 20.9 Å². The summed E-state index contributed by atoms with van der Waals surface area (Å²) in [6.07, 6.45) is 4.49. The minimum absolute atomic E-state index is 0.00265. The van der Waals surface area contributed by atoms with Crippen molar-refractivity contribution in [3.05, 3.63) is 53.1 Å². The molecule has 2 heterocycles. The Morgan fingerprint density at radius 1 is 1.21 bits per heavy atom. The number of hydrogen-bond donors (Lipinski definition) is 3. The van der Waals surface area contributed by atoms with E-state index < -0.39 is 0 Å². The van der Waals surface area contributed by atoms with Gasteiger partial charge in [0.15, 0.2) is 0 Å². The highest BCUT2D eigenvalue weighted by atomic mass is 35.5. The number of rotatable bonds is 6. The van der Waals surface area contributed by atoms with Crippen LogP contribution in [0.25, 0.3) is 18.0 Å². The molecule has 3 rings (SSSR count). The van der Waals surface area contributed by atoms with Crippen LogP contribution < -0.4 is 15.8 Å². The number of halogens is 2. The molecule has 0 bridgehead atoms. The lowest BCUT2D eigenvalue weighted by atomic mass is 10.2. The molecule has 0 saturated carbocycles. The summed E-state index contributed by atoms with van der Waals surface area (Å²) in [6, 6.07) is 2.89. The number of phenolic OH excluding ortho intramolecular Hbond substituents is 1. The zero-order chi connectivity index (χ0) is 20.4. The molecule has 0 saturated heterocycles. The van der Waals surface area contributed by atoms with Crippen LogP contribution in [0.5, 0.6) is 11.5 Å². The van der Waals surface area contributed by atoms with Crippen LogP contribution in [0.2, 0.25) is 10.0 Å². The number of imidazole rings is 1. The third-order valence-electron chi connectivity index (χ3n) is 3.84. The number of benzene rings is 1. The predicted molar refractivity (Wildman–Crippen MR) is 112 cm³/mol. The number of hydrogen-bond acceptors (Lipinski definition) is 7. The molecule has 0 atom stereocenters. The summed E-state index contributed by atoms with van der Waals surface area (Å²) in [5.41, 5.74) is 7.14. The van der Waals surface area contributed by atoms with Crippen molar-refractivity contribution in [2.24, 2.45) is 0 Å². The fourth-order valence-electron chi connectivity index (χ4n) is 2.56. The largest absolute Gasteiger partial charge is 0.506 e. The maximum Gasteiger partial charge on any atom is 0.214 e. The smallest absolute Gasteiger partial charge is 0.214 e. The minimum atomic E-state index is -0.206. The minimum Gasteiger partial charge on any atom is -0.506 e. The maximum absolute atomic E-state index is 10.1. The number of phenols is 1. The SMILES string of the molecule is C=Cc1nc(Nc2c(Cl)c(O)cc(OC)c2Cl)n(-c2cc(N)ncn2)c1C=C. The first kappa shape index (κ1) is 19.5. The quantitative estimate of drug-likeness (QED) is 0.546. The van der Waals surface area contributed by atoms with Gasteiger partial charge in [0.2, 0.25) is 5.95 Å². The standard InChI is InChI=1S/C18H16Cl2N6O2/c1-4-9-10(5-2)26(14-7-13(21)22-8-23-14)18(24-9)25-17-15(19)11(27)6-12(28-3)16(17)20/h4-8,27H,1-2H2,3H3,(H,24,25)(H2,21,22,23). The van der Waals surface area contributed by atoms with E-state index in [1.807, 2.05) is 0 Å². The van der Waals surface area contributed by atoms with Crippen LogP contribution >= 0.6 is 23.2 Å². The Morgan fingerprint density at radius 3 is 2.57 bits per heavy atom. The van der Waals surface area contributed by atoms with E-state index in [0.717, 1.165) is 0 Å². The highest BCUT2D eigenvalue weighted by Crippen LogP contribution is 2.45. The highest BCUT2D eigenvalue weighted by molar-refractivity contribution is 6.41. The summed E-state index contributed by atoms with van der Waals surface area (Å²) < 4.78 is 6.82. The van der Waals surface area contributed by atoms with E-state index in [4.69, 9.17) is 33.7 Å². The van der Waals surface area contributed by atoms with Crippen LogP contribution in [0.1, 0.15) is 11.4 Å². The second-order valence-corrected chi connectivity index (χ2v) is 6.23. The molecule has 0 spiro atoms. The van der Waals surface area contributed by atoms with E-state index in [2.05, 4.69) is 33.4 Å². The molecule has 0 aliphatic carbocycles. The van der Waals surface area contributed by atoms with Crippen molar-refractivity contribution in [1.29, 1.82) is 0 Å². The molecule has 1 aromatic carbocycles. The van der Waals surface area contributed by atoms with Crippen molar-refractivity contribution >= 4 is 52.8 Å². The Bertz CT molecular complexity index is 1080. The summed E-state index contributed by atoms with van der Waals surface area (Å²) in [4.78, 5) is 12.6. The van der Waals surface area contributed by atoms with Gasteiger partial charge in [-0.15, -0.1) is 0 Å². The number of nitrogens with two attached hydrogens (primary N) is 1. The van der Waals surface area contributed by atoms with Gasteiger partial charge in [-0.25, -0.2) is 15.0 Å². The van der Waals surface area contributed by atoms with Gasteiger partial charge in [0.1, 0.15) is 39.5 Å². The molecule has 2 aromatic heterocycles. The summed E-state index contributed by atoms with van der Waals surface area (Å²) in [5.74, 6) is 1.03. The zero-order valence-corrected chi connectivity index (χ0v) is 16.3. The summed E-state index contributed by atoms with van der Waals surface area (Å²) >= 11 is 12.6. The maximum atomic E-state index is 10.1. The number of aromatic nitrogens is 4. The molecular formula is C18H16Cl2N6O2. The number of nitrogens with zero attached hydrogens (tertiary/aromatic N) is 4. The van der Waals surface area contributed by atoms with E-state index in [1.54, 1.807) is 22.8 Å². The van der Waals surface area contributed by atoms with Gasteiger partial charge >= 0.3 is 0 Å². The zero-order valence-electron chi connectivity index (χ0n) is 14.8. The molecule has 0 unspecified atom stereocenters. The molecule has 0 radical (unpaired) electrons. The number of aromatic hydroxyl groups is 1. The van der Waals surface area contributed by atoms with Crippen molar-refractivity contribution in [2.45, 2.75) is 0 Å². The third-order valence-corrected chi connectivity index (χ3v) is 4.59. The second-order valence-electron chi connectivity index (χ2n) is 5.48. The van der Waals surface area contributed by atoms with Gasteiger partial charge in [-0.2, -0.15) is 0 Å². The van der Waals surface area contributed by atoms with E-state index in [1.165, 1.54) is 19.5 Å². The van der Waals surface area contributed by atoms with Crippen molar-refractivity contribution in [3.63, 3.8) is 0 Å². The van der Waals surface area contributed by atoms with Gasteiger partial charge in [-0.1, -0.05) is 36.4 Å². The van der Waals surface area contributed by atoms with E-state index in [-0.39, 0.29) is 33.0 Å². The fraction of sp³-hybridized carbons (Fsp3) is 0.0556. The number of ether oxygens (including phenoxy) is 1. The normalized spacial score (nSPS) is 10.5. The first-order chi connectivity index (χ1) is 13.4. The number of nitrogen functional groups attached to an aromatic ring is 1. The Hall–Kier alpha value is -3.23. The van der Waals surface area contributed by atoms with Gasteiger partial charge in [0.25, 0.3) is 0 Å². The number of anilines is 3. The Labute approximate surface area is 170 Å². The summed E-state index contributed by atoms with van der Waals surface area (Å²) in [7, 11) is 1.43. The first-order valence-corrected chi connectivity index (χ1v) is 8.64. The van der Waals surface area contributed by atoms with E-state index in [0.29, 0.717) is 23.2 Å². The first-order valence-electron chi connectivity index (χ1n) is 7.88. The number of methoxy groups -OCH3 is 1. The lowest BCUT2D eigenvalue weighted by molar-refractivity contribution is 0.408. The average molecular weight is 419 g/mol. The van der Waals surface area contributed by atoms with Gasteiger partial charge in [-0.3, -0.25) is 4.57 Å². The molecule has 3 aromatic rings. The third kappa shape index (κ3) is 3.35. The molecule has 0 fully saturated rings. The van der Waals surface area contributed by atoms with Crippen molar-refractivity contribution in [1.82, 2.24) is 19.5 Å². The molecule has 28 heavy (non-hydrogen) atoms. The van der Waals surface area contributed by atoms with Crippen LogP contribution in [0, 0.1) is 0 Å². The van der Waals surface area contributed by atoms with Crippen LogP contribution in [0.4, 0.5) is 17.5 Å². The van der Waals surface area contributed by atoms with Crippen LogP contribution in [0.3, 0.4) is 0 Å². The molecule has 0 aliphatic heterocycles. The number of nitrogens with one attached hydrogen (secondary N) is 1. The van der Waals surface area contributed by atoms with Crippen molar-refractivity contribution in [3.8, 4) is 17.3 Å². The van der Waals surface area contributed by atoms with Crippen LogP contribution in [-0.2, 0) is 0 Å². The molecule has 144 valence electrons. The molecule has 0 amide bonds. The molecule has 4 N–H and O–H groups in total. The Balaban J connectivity index is 2.24. The summed E-state index contributed by atoms with van der Waals surface area (Å²) in [6.45, 7) is 7.59. The average Bonchev–Trinajstić information content (AvgIpc) is 3.05. The molecule has 0 aliphatic rings. The predicted octanol–water partition coefficient (Wildman–Crippen LogP) is 4.30. The molecule has 10 heteroatoms. The topological polar surface area (TPSA) is 111 Å².